The van der Waals surface area contributed by atoms with Crippen LogP contribution >= 0.6 is 11.3 Å². The first-order chi connectivity index (χ1) is 15.1. The lowest BCUT2D eigenvalue weighted by Crippen LogP contribution is -2.43. The van der Waals surface area contributed by atoms with Crippen LogP contribution in [0.3, 0.4) is 0 Å². The molecule has 1 atom stereocenters. The molecule has 0 spiro atoms. The van der Waals surface area contributed by atoms with Crippen molar-refractivity contribution >= 4 is 32.7 Å². The quantitative estimate of drug-likeness (QED) is 0.536. The molecular weight excluding hydrogens is 417 g/mol. The van der Waals surface area contributed by atoms with Crippen molar-refractivity contribution in [3.05, 3.63) is 35.8 Å². The molecule has 1 saturated heterocycles. The Hall–Kier alpha value is -2.52. The van der Waals surface area contributed by atoms with Crippen molar-refractivity contribution in [1.82, 2.24) is 20.1 Å². The third kappa shape index (κ3) is 4.88. The van der Waals surface area contributed by atoms with E-state index in [-0.39, 0.29) is 17.6 Å². The number of hydrogen-bond acceptors (Lipinski definition) is 6. The van der Waals surface area contributed by atoms with Crippen LogP contribution in [0.4, 0.5) is 9.52 Å². The molecule has 1 amide bonds. The van der Waals surface area contributed by atoms with E-state index in [1.807, 2.05) is 19.9 Å². The fourth-order valence-electron chi connectivity index (χ4n) is 3.89. The first-order valence-corrected chi connectivity index (χ1v) is 11.6. The molecule has 1 N–H and O–H groups in total. The van der Waals surface area contributed by atoms with E-state index < -0.39 is 0 Å². The Balaban J connectivity index is 1.47. The number of thiazole rings is 1. The van der Waals surface area contributed by atoms with Crippen molar-refractivity contribution in [2.24, 2.45) is 5.92 Å². The minimum atomic E-state index is -0.305. The van der Waals surface area contributed by atoms with Gasteiger partial charge in [-0.25, -0.2) is 9.07 Å². The minimum absolute atomic E-state index is 0.0475. The maximum Gasteiger partial charge on any atom is 0.224 e. The number of rotatable bonds is 8. The van der Waals surface area contributed by atoms with E-state index in [1.54, 1.807) is 22.1 Å². The lowest BCUT2D eigenvalue weighted by molar-refractivity contribution is -0.125. The van der Waals surface area contributed by atoms with Crippen LogP contribution in [0.5, 0.6) is 0 Å². The second-order valence-electron chi connectivity index (χ2n) is 7.75. The van der Waals surface area contributed by atoms with E-state index >= 15 is 0 Å². The number of aromatic nitrogens is 3. The smallest absolute Gasteiger partial charge is 0.224 e. The third-order valence-electron chi connectivity index (χ3n) is 5.46. The summed E-state index contributed by atoms with van der Waals surface area (Å²) < 4.78 is 21.7. The topological polar surface area (TPSA) is 72.3 Å². The molecule has 4 rings (SSSR count). The monoisotopic (exact) mass is 445 g/mol. The molecule has 0 aliphatic carbocycles. The van der Waals surface area contributed by atoms with Crippen LogP contribution in [0.15, 0.2) is 24.3 Å². The largest absolute Gasteiger partial charge is 0.382 e. The summed E-state index contributed by atoms with van der Waals surface area (Å²) >= 11 is 1.58. The van der Waals surface area contributed by atoms with E-state index in [1.165, 1.54) is 12.1 Å². The van der Waals surface area contributed by atoms with Gasteiger partial charge >= 0.3 is 0 Å². The molecule has 7 nitrogen and oxygen atoms in total. The van der Waals surface area contributed by atoms with Gasteiger partial charge in [-0.2, -0.15) is 10.1 Å². The zero-order valence-corrected chi connectivity index (χ0v) is 18.8. The Morgan fingerprint density at radius 1 is 1.42 bits per heavy atom. The SMILES string of the molecule is CCOCCCNC(=O)[C@@H]1CCCN(c2nc3c(s2)c(C)nn3-c2cccc(F)c2)C1. The van der Waals surface area contributed by atoms with Gasteiger partial charge in [-0.05, 0) is 51.3 Å². The van der Waals surface area contributed by atoms with Gasteiger partial charge in [0.1, 0.15) is 5.82 Å². The van der Waals surface area contributed by atoms with E-state index in [2.05, 4.69) is 15.3 Å². The molecule has 166 valence electrons. The van der Waals surface area contributed by atoms with Gasteiger partial charge in [0.25, 0.3) is 0 Å². The van der Waals surface area contributed by atoms with E-state index in [0.29, 0.717) is 32.0 Å². The van der Waals surface area contributed by atoms with Crippen molar-refractivity contribution in [3.8, 4) is 5.69 Å². The van der Waals surface area contributed by atoms with E-state index in [9.17, 15) is 9.18 Å². The number of nitrogens with zero attached hydrogens (tertiary/aromatic N) is 4. The van der Waals surface area contributed by atoms with Crippen LogP contribution in [0, 0.1) is 18.7 Å². The highest BCUT2D eigenvalue weighted by molar-refractivity contribution is 7.22. The highest BCUT2D eigenvalue weighted by Crippen LogP contribution is 2.34. The number of hydrogen-bond donors (Lipinski definition) is 1. The number of carbonyl (C=O) groups is 1. The maximum atomic E-state index is 13.7. The second-order valence-corrected chi connectivity index (χ2v) is 8.73. The maximum absolute atomic E-state index is 13.7. The van der Waals surface area contributed by atoms with E-state index in [4.69, 9.17) is 9.72 Å². The standard InChI is InChI=1S/C22H28FN5O2S/c1-3-30-12-6-10-24-21(29)16-7-5-11-27(14-16)22-25-20-19(31-22)15(2)26-28(20)18-9-4-8-17(23)13-18/h4,8-9,13,16H,3,5-7,10-12,14H2,1-2H3,(H,24,29)/t16-/m1/s1. The van der Waals surface area contributed by atoms with Crippen LogP contribution in [0.25, 0.3) is 16.0 Å². The summed E-state index contributed by atoms with van der Waals surface area (Å²) in [5.74, 6) is -0.251. The van der Waals surface area contributed by atoms with Crippen molar-refractivity contribution in [2.45, 2.75) is 33.1 Å². The molecule has 9 heteroatoms. The summed E-state index contributed by atoms with van der Waals surface area (Å²) in [5.41, 5.74) is 2.24. The number of halogens is 1. The Morgan fingerprint density at radius 3 is 3.10 bits per heavy atom. The molecular formula is C22H28FN5O2S. The summed E-state index contributed by atoms with van der Waals surface area (Å²) in [6, 6.07) is 6.36. The predicted molar refractivity (Wildman–Crippen MR) is 120 cm³/mol. The van der Waals surface area contributed by atoms with Crippen LogP contribution in [-0.2, 0) is 9.53 Å². The molecule has 0 unspecified atom stereocenters. The van der Waals surface area contributed by atoms with Crippen molar-refractivity contribution in [3.63, 3.8) is 0 Å². The second kappa shape index (κ2) is 9.74. The Kier molecular flexibility index (Phi) is 6.82. The highest BCUT2D eigenvalue weighted by Gasteiger charge is 2.28. The van der Waals surface area contributed by atoms with Crippen molar-refractivity contribution < 1.29 is 13.9 Å². The van der Waals surface area contributed by atoms with Crippen LogP contribution in [0.2, 0.25) is 0 Å². The Labute approximate surface area is 185 Å². The fraction of sp³-hybridized carbons (Fsp3) is 0.500. The average Bonchev–Trinajstić information content (AvgIpc) is 3.34. The number of ether oxygens (including phenoxy) is 1. The fourth-order valence-corrected chi connectivity index (χ4v) is 4.91. The van der Waals surface area contributed by atoms with Gasteiger partial charge in [0.2, 0.25) is 5.91 Å². The van der Waals surface area contributed by atoms with Gasteiger partial charge in [-0.1, -0.05) is 17.4 Å². The summed E-state index contributed by atoms with van der Waals surface area (Å²) in [7, 11) is 0. The molecule has 0 radical (unpaired) electrons. The Bertz CT molecular complexity index is 1050. The third-order valence-corrected chi connectivity index (χ3v) is 6.68. The molecule has 2 aromatic heterocycles. The van der Waals surface area contributed by atoms with Crippen LogP contribution in [0.1, 0.15) is 31.9 Å². The normalized spacial score (nSPS) is 16.7. The molecule has 31 heavy (non-hydrogen) atoms. The van der Waals surface area contributed by atoms with Gasteiger partial charge in [-0.15, -0.1) is 0 Å². The summed E-state index contributed by atoms with van der Waals surface area (Å²) in [6.07, 6.45) is 2.65. The Morgan fingerprint density at radius 2 is 2.29 bits per heavy atom. The number of fused-ring (bicyclic) bond motifs is 1. The number of amides is 1. The van der Waals surface area contributed by atoms with Crippen molar-refractivity contribution in [1.29, 1.82) is 0 Å². The number of carbonyl (C=O) groups excluding carboxylic acids is 1. The average molecular weight is 446 g/mol. The zero-order valence-electron chi connectivity index (χ0n) is 17.9. The summed E-state index contributed by atoms with van der Waals surface area (Å²) in [4.78, 5) is 19.6. The number of anilines is 1. The van der Waals surface area contributed by atoms with Crippen LogP contribution < -0.4 is 10.2 Å². The van der Waals surface area contributed by atoms with Gasteiger partial charge in [0.05, 0.1) is 22.0 Å². The van der Waals surface area contributed by atoms with E-state index in [0.717, 1.165) is 47.0 Å². The number of benzene rings is 1. The van der Waals surface area contributed by atoms with Gasteiger partial charge in [0, 0.05) is 32.8 Å². The molecule has 3 heterocycles. The van der Waals surface area contributed by atoms with Crippen molar-refractivity contribution in [2.75, 3.05) is 37.7 Å². The highest BCUT2D eigenvalue weighted by atomic mass is 32.1. The first kappa shape index (κ1) is 21.7. The molecule has 1 aliphatic rings. The molecule has 0 bridgehead atoms. The summed E-state index contributed by atoms with van der Waals surface area (Å²) in [6.45, 7) is 7.43. The number of aryl methyl sites for hydroxylation is 1. The number of piperidine rings is 1. The lowest BCUT2D eigenvalue weighted by Gasteiger charge is -2.31. The summed E-state index contributed by atoms with van der Waals surface area (Å²) in [5, 5.41) is 8.47. The zero-order chi connectivity index (χ0) is 21.8. The predicted octanol–water partition coefficient (Wildman–Crippen LogP) is 3.69. The van der Waals surface area contributed by atoms with Gasteiger partial charge < -0.3 is 15.0 Å². The van der Waals surface area contributed by atoms with Gasteiger partial charge in [-0.3, -0.25) is 4.79 Å². The number of nitrogens with one attached hydrogen (secondary N) is 1. The van der Waals surface area contributed by atoms with Crippen LogP contribution in [-0.4, -0.2) is 53.5 Å². The minimum Gasteiger partial charge on any atom is -0.382 e. The molecule has 3 aromatic rings. The first-order valence-electron chi connectivity index (χ1n) is 10.8. The van der Waals surface area contributed by atoms with Gasteiger partial charge in [0.15, 0.2) is 10.8 Å². The molecule has 1 aromatic carbocycles. The molecule has 1 fully saturated rings. The molecule has 0 saturated carbocycles. The lowest BCUT2D eigenvalue weighted by atomic mass is 9.97. The molecule has 1 aliphatic heterocycles.